The Morgan fingerprint density at radius 2 is 1.22 bits per heavy atom. The second-order valence-electron chi connectivity index (χ2n) is 14.3. The van der Waals surface area contributed by atoms with Gasteiger partial charge in [0, 0.05) is 19.5 Å². The summed E-state index contributed by atoms with van der Waals surface area (Å²) in [4.78, 5) is 86.1. The van der Waals surface area contributed by atoms with E-state index >= 15 is 0 Å². The molecule has 12 heteroatoms. The molecule has 0 bridgehead atoms. The van der Waals surface area contributed by atoms with Gasteiger partial charge in [0.15, 0.2) is 0 Å². The summed E-state index contributed by atoms with van der Waals surface area (Å²) in [5, 5.41) is 11.2. The number of carbonyl (C=O) groups is 6. The number of hydrogen-bond donors (Lipinski definition) is 4. The maximum Gasteiger partial charge on any atom is 0.246 e. The van der Waals surface area contributed by atoms with Crippen LogP contribution in [0.1, 0.15) is 71.4 Å². The van der Waals surface area contributed by atoms with Crippen molar-refractivity contribution >= 4 is 35.4 Å². The van der Waals surface area contributed by atoms with Gasteiger partial charge < -0.3 is 31.1 Å². The minimum Gasteiger partial charge on any atom is -0.343 e. The van der Waals surface area contributed by atoms with Gasteiger partial charge in [-0.05, 0) is 55.6 Å². The second kappa shape index (κ2) is 17.8. The zero-order valence-corrected chi connectivity index (χ0v) is 29.8. The molecule has 2 aliphatic heterocycles. The zero-order chi connectivity index (χ0) is 36.4. The lowest BCUT2D eigenvalue weighted by molar-refractivity contribution is -0.147. The van der Waals surface area contributed by atoms with Gasteiger partial charge in [-0.2, -0.15) is 0 Å². The Bertz CT molecular complexity index is 1500. The van der Waals surface area contributed by atoms with E-state index in [-0.39, 0.29) is 43.2 Å². The molecule has 270 valence electrons. The molecule has 0 saturated carbocycles. The molecule has 2 heterocycles. The fourth-order valence-electron chi connectivity index (χ4n) is 6.53. The Hall–Kier alpha value is -4.74. The lowest BCUT2D eigenvalue weighted by Gasteiger charge is -2.34. The summed E-state index contributed by atoms with van der Waals surface area (Å²) in [5.74, 6) is -2.91. The normalized spacial score (nSPS) is 24.7. The Kier molecular flexibility index (Phi) is 13.5. The van der Waals surface area contributed by atoms with E-state index in [1.165, 1.54) is 16.7 Å². The molecule has 0 spiro atoms. The summed E-state index contributed by atoms with van der Waals surface area (Å²) < 4.78 is 0. The van der Waals surface area contributed by atoms with E-state index < -0.39 is 53.8 Å². The Labute approximate surface area is 295 Å². The molecule has 2 aromatic rings. The molecule has 2 saturated heterocycles. The molecule has 2 aromatic carbocycles. The molecular formula is C38H52N6O6. The smallest absolute Gasteiger partial charge is 0.246 e. The molecule has 6 amide bonds. The lowest BCUT2D eigenvalue weighted by Crippen LogP contribution is -2.60. The standard InChI is InChI=1S/C38H52N6O6/c1-24(2)19-29-36(48)42-31(20-25(3)4)37(49)44-18-12-17-32(44)38(50)43(22-28-15-10-7-11-16-28)23-33(45)40-30(21-27-13-8-6-9-14-27)35(47)39-26(5)34(46)41-29/h6-11,13-16,24-26,29-32H,12,17-23H2,1-5H3,(H,39,47)(H,40,45)(H,41,46)(H,42,48)/t26-,29-,30-,31-,32+/m0/s1. The van der Waals surface area contributed by atoms with Crippen LogP contribution < -0.4 is 21.3 Å². The van der Waals surface area contributed by atoms with Gasteiger partial charge >= 0.3 is 0 Å². The highest BCUT2D eigenvalue weighted by atomic mass is 16.2. The van der Waals surface area contributed by atoms with E-state index in [1.54, 1.807) is 0 Å². The van der Waals surface area contributed by atoms with Crippen LogP contribution in [0.25, 0.3) is 0 Å². The Morgan fingerprint density at radius 3 is 1.84 bits per heavy atom. The third kappa shape index (κ3) is 10.6. The average molecular weight is 689 g/mol. The SMILES string of the molecule is CC(C)C[C@@H]1NC(=O)[C@H](C)NC(=O)[C@H](Cc2ccccc2)NC(=O)CN(Cc2ccccc2)C(=O)[C@H]2CCCN2C(=O)[C@H](CC(C)C)NC1=O. The van der Waals surface area contributed by atoms with E-state index in [0.717, 1.165) is 11.1 Å². The Morgan fingerprint density at radius 1 is 0.660 bits per heavy atom. The molecule has 0 aromatic heterocycles. The fraction of sp³-hybridized carbons (Fsp3) is 0.526. The van der Waals surface area contributed by atoms with Crippen molar-refractivity contribution in [3.8, 4) is 0 Å². The maximum atomic E-state index is 14.3. The summed E-state index contributed by atoms with van der Waals surface area (Å²) in [6.07, 6.45) is 1.75. The Balaban J connectivity index is 1.74. The van der Waals surface area contributed by atoms with Crippen LogP contribution in [-0.4, -0.2) is 88.5 Å². The number of hydrogen-bond acceptors (Lipinski definition) is 6. The van der Waals surface area contributed by atoms with Crippen molar-refractivity contribution in [1.29, 1.82) is 0 Å². The lowest BCUT2D eigenvalue weighted by atomic mass is 9.99. The van der Waals surface area contributed by atoms with Crippen molar-refractivity contribution in [2.24, 2.45) is 11.8 Å². The van der Waals surface area contributed by atoms with E-state index in [1.807, 2.05) is 88.4 Å². The van der Waals surface area contributed by atoms with Crippen LogP contribution >= 0.6 is 0 Å². The molecule has 2 aliphatic rings. The van der Waals surface area contributed by atoms with Crippen LogP contribution in [0.5, 0.6) is 0 Å². The summed E-state index contributed by atoms with van der Waals surface area (Å²) in [7, 11) is 0. The molecule has 0 aliphatic carbocycles. The van der Waals surface area contributed by atoms with Gasteiger partial charge in [0.1, 0.15) is 30.2 Å². The summed E-state index contributed by atoms with van der Waals surface area (Å²) in [5.41, 5.74) is 1.58. The summed E-state index contributed by atoms with van der Waals surface area (Å²) in [6.45, 7) is 9.33. The molecule has 5 atom stereocenters. The van der Waals surface area contributed by atoms with Gasteiger partial charge in [-0.15, -0.1) is 0 Å². The molecule has 4 N–H and O–H groups in total. The van der Waals surface area contributed by atoms with E-state index in [4.69, 9.17) is 0 Å². The van der Waals surface area contributed by atoms with E-state index in [0.29, 0.717) is 32.2 Å². The molecule has 2 fully saturated rings. The van der Waals surface area contributed by atoms with Crippen LogP contribution in [0.15, 0.2) is 60.7 Å². The first-order valence-corrected chi connectivity index (χ1v) is 17.7. The third-order valence-corrected chi connectivity index (χ3v) is 9.03. The number of amides is 6. The second-order valence-corrected chi connectivity index (χ2v) is 14.3. The van der Waals surface area contributed by atoms with Crippen molar-refractivity contribution in [2.45, 2.75) is 103 Å². The van der Waals surface area contributed by atoms with Gasteiger partial charge in [-0.1, -0.05) is 88.4 Å². The largest absolute Gasteiger partial charge is 0.343 e. The van der Waals surface area contributed by atoms with Gasteiger partial charge in [0.25, 0.3) is 0 Å². The molecule has 50 heavy (non-hydrogen) atoms. The fourth-order valence-corrected chi connectivity index (χ4v) is 6.53. The predicted octanol–water partition coefficient (Wildman–Crippen LogP) is 2.31. The number of benzene rings is 2. The highest BCUT2D eigenvalue weighted by Gasteiger charge is 2.41. The van der Waals surface area contributed by atoms with Crippen molar-refractivity contribution in [3.05, 3.63) is 71.8 Å². The topological polar surface area (TPSA) is 157 Å². The highest BCUT2D eigenvalue weighted by Crippen LogP contribution is 2.23. The van der Waals surface area contributed by atoms with Crippen LogP contribution in [0, 0.1) is 11.8 Å². The first-order valence-electron chi connectivity index (χ1n) is 17.7. The quantitative estimate of drug-likeness (QED) is 0.334. The van der Waals surface area contributed by atoms with Crippen LogP contribution in [-0.2, 0) is 41.7 Å². The van der Waals surface area contributed by atoms with Crippen molar-refractivity contribution in [3.63, 3.8) is 0 Å². The van der Waals surface area contributed by atoms with Gasteiger partial charge in [0.2, 0.25) is 35.4 Å². The first kappa shape index (κ1) is 38.1. The van der Waals surface area contributed by atoms with Gasteiger partial charge in [-0.25, -0.2) is 0 Å². The number of rotatable bonds is 8. The summed E-state index contributed by atoms with van der Waals surface area (Å²) >= 11 is 0. The highest BCUT2D eigenvalue weighted by molar-refractivity contribution is 5.97. The number of nitrogens with one attached hydrogen (secondary N) is 4. The van der Waals surface area contributed by atoms with Crippen molar-refractivity contribution in [1.82, 2.24) is 31.1 Å². The number of carbonyl (C=O) groups excluding carboxylic acids is 6. The monoisotopic (exact) mass is 688 g/mol. The average Bonchev–Trinajstić information content (AvgIpc) is 3.56. The predicted molar refractivity (Wildman–Crippen MR) is 189 cm³/mol. The van der Waals surface area contributed by atoms with Crippen molar-refractivity contribution < 1.29 is 28.8 Å². The van der Waals surface area contributed by atoms with E-state index in [9.17, 15) is 28.8 Å². The van der Waals surface area contributed by atoms with E-state index in [2.05, 4.69) is 21.3 Å². The van der Waals surface area contributed by atoms with Gasteiger partial charge in [-0.3, -0.25) is 28.8 Å². The first-order chi connectivity index (χ1) is 23.8. The van der Waals surface area contributed by atoms with Crippen LogP contribution in [0.4, 0.5) is 0 Å². The minimum atomic E-state index is -1.07. The molecule has 0 unspecified atom stereocenters. The zero-order valence-electron chi connectivity index (χ0n) is 29.8. The molecular weight excluding hydrogens is 636 g/mol. The number of fused-ring (bicyclic) bond motifs is 1. The van der Waals surface area contributed by atoms with Crippen LogP contribution in [0.2, 0.25) is 0 Å². The minimum absolute atomic E-state index is 0.0229. The molecule has 12 nitrogen and oxygen atoms in total. The number of nitrogens with zero attached hydrogens (tertiary/aromatic N) is 2. The van der Waals surface area contributed by atoms with Crippen molar-refractivity contribution in [2.75, 3.05) is 13.1 Å². The molecule has 4 rings (SSSR count). The van der Waals surface area contributed by atoms with Crippen LogP contribution in [0.3, 0.4) is 0 Å². The molecule has 0 radical (unpaired) electrons. The maximum absolute atomic E-state index is 14.3. The summed E-state index contributed by atoms with van der Waals surface area (Å²) in [6, 6.07) is 13.6. The van der Waals surface area contributed by atoms with Gasteiger partial charge in [0.05, 0.1) is 6.54 Å². The third-order valence-electron chi connectivity index (χ3n) is 9.03.